The van der Waals surface area contributed by atoms with Crippen LogP contribution in [-0.2, 0) is 13.6 Å². The minimum atomic E-state index is 0. The summed E-state index contributed by atoms with van der Waals surface area (Å²) in [5.41, 5.74) is 1.13. The average molecular weight is 433 g/mol. The summed E-state index contributed by atoms with van der Waals surface area (Å²) < 4.78 is 1.87. The van der Waals surface area contributed by atoms with E-state index < -0.39 is 0 Å². The average Bonchev–Trinajstić information content (AvgIpc) is 2.96. The smallest absolute Gasteiger partial charge is 0.191 e. The zero-order valence-corrected chi connectivity index (χ0v) is 17.0. The van der Waals surface area contributed by atoms with Gasteiger partial charge in [0, 0.05) is 26.3 Å². The van der Waals surface area contributed by atoms with Crippen molar-refractivity contribution in [2.75, 3.05) is 13.1 Å². The lowest BCUT2D eigenvalue weighted by Crippen LogP contribution is -2.40. The molecule has 1 saturated carbocycles. The standard InChI is InChI=1S/C17H31N5.HI/c1-4-14-6-8-15(9-7-14)12-19-17(18-5-2)20-13-16-10-11-21-22(16)3;/h10-11,14-15H,4-9,12-13H2,1-3H3,(H2,18,19,20);1H. The molecule has 6 heteroatoms. The van der Waals surface area contributed by atoms with E-state index in [-0.39, 0.29) is 24.0 Å². The summed E-state index contributed by atoms with van der Waals surface area (Å²) >= 11 is 0. The zero-order valence-electron chi connectivity index (χ0n) is 14.7. The number of rotatable bonds is 6. The van der Waals surface area contributed by atoms with Crippen molar-refractivity contribution in [2.45, 2.75) is 52.5 Å². The van der Waals surface area contributed by atoms with Gasteiger partial charge in [-0.3, -0.25) is 4.68 Å². The second-order valence-electron chi connectivity index (χ2n) is 6.32. The fourth-order valence-corrected chi connectivity index (χ4v) is 3.14. The fourth-order valence-electron chi connectivity index (χ4n) is 3.14. The van der Waals surface area contributed by atoms with E-state index in [2.05, 4.69) is 34.6 Å². The second kappa shape index (κ2) is 10.9. The molecule has 0 bridgehead atoms. The number of aliphatic imine (C=N–C) groups is 1. The number of nitrogens with zero attached hydrogens (tertiary/aromatic N) is 3. The van der Waals surface area contributed by atoms with Crippen molar-refractivity contribution < 1.29 is 0 Å². The van der Waals surface area contributed by atoms with Crippen molar-refractivity contribution in [1.82, 2.24) is 20.4 Å². The molecule has 0 atom stereocenters. The summed E-state index contributed by atoms with van der Waals surface area (Å²) in [6.07, 6.45) is 8.66. The molecule has 5 nitrogen and oxygen atoms in total. The van der Waals surface area contributed by atoms with E-state index in [1.54, 1.807) is 0 Å². The van der Waals surface area contributed by atoms with Crippen molar-refractivity contribution in [1.29, 1.82) is 0 Å². The summed E-state index contributed by atoms with van der Waals surface area (Å²) in [7, 11) is 1.96. The second-order valence-corrected chi connectivity index (χ2v) is 6.32. The molecule has 0 saturated heterocycles. The summed E-state index contributed by atoms with van der Waals surface area (Å²) in [5, 5.41) is 11.0. The monoisotopic (exact) mass is 433 g/mol. The predicted molar refractivity (Wildman–Crippen MR) is 107 cm³/mol. The molecule has 1 aliphatic carbocycles. The van der Waals surface area contributed by atoms with Crippen LogP contribution in [0.25, 0.3) is 0 Å². The maximum Gasteiger partial charge on any atom is 0.191 e. The highest BCUT2D eigenvalue weighted by Gasteiger charge is 2.19. The van der Waals surface area contributed by atoms with Gasteiger partial charge in [-0.05, 0) is 37.7 Å². The lowest BCUT2D eigenvalue weighted by atomic mass is 9.81. The van der Waals surface area contributed by atoms with E-state index in [4.69, 9.17) is 0 Å². The van der Waals surface area contributed by atoms with E-state index in [9.17, 15) is 0 Å². The Bertz CT molecular complexity index is 463. The van der Waals surface area contributed by atoms with Crippen molar-refractivity contribution in [3.8, 4) is 0 Å². The highest BCUT2D eigenvalue weighted by atomic mass is 127. The SMILES string of the molecule is CCNC(=NCc1ccnn1C)NCC1CCC(CC)CC1.I. The summed E-state index contributed by atoms with van der Waals surface area (Å²) in [5.74, 6) is 2.67. The van der Waals surface area contributed by atoms with Gasteiger partial charge in [0.25, 0.3) is 0 Å². The molecule has 2 rings (SSSR count). The third-order valence-corrected chi connectivity index (χ3v) is 4.77. The summed E-state index contributed by atoms with van der Waals surface area (Å²) in [6, 6.07) is 2.01. The van der Waals surface area contributed by atoms with Crippen LogP contribution in [0.5, 0.6) is 0 Å². The topological polar surface area (TPSA) is 54.2 Å². The number of aromatic nitrogens is 2. The van der Waals surface area contributed by atoms with Crippen molar-refractivity contribution in [3.05, 3.63) is 18.0 Å². The third-order valence-electron chi connectivity index (χ3n) is 4.77. The maximum atomic E-state index is 4.67. The number of hydrogen-bond acceptors (Lipinski definition) is 2. The van der Waals surface area contributed by atoms with Crippen LogP contribution in [0, 0.1) is 11.8 Å². The van der Waals surface area contributed by atoms with Crippen LogP contribution < -0.4 is 10.6 Å². The molecule has 0 aromatic carbocycles. The molecule has 132 valence electrons. The Labute approximate surface area is 157 Å². The van der Waals surface area contributed by atoms with Gasteiger partial charge in [0.05, 0.1) is 12.2 Å². The van der Waals surface area contributed by atoms with Crippen LogP contribution >= 0.6 is 24.0 Å². The first kappa shape index (κ1) is 20.3. The van der Waals surface area contributed by atoms with Crippen LogP contribution in [-0.4, -0.2) is 28.8 Å². The Morgan fingerprint density at radius 1 is 1.22 bits per heavy atom. The first-order valence-corrected chi connectivity index (χ1v) is 8.72. The summed E-state index contributed by atoms with van der Waals surface area (Å²) in [6.45, 7) is 7.01. The molecule has 0 spiro atoms. The Balaban J connectivity index is 0.00000264. The van der Waals surface area contributed by atoms with Gasteiger partial charge in [-0.25, -0.2) is 4.99 Å². The molecule has 1 aromatic rings. The number of halogens is 1. The highest BCUT2D eigenvalue weighted by Crippen LogP contribution is 2.29. The van der Waals surface area contributed by atoms with Gasteiger partial charge in [-0.2, -0.15) is 5.10 Å². The molecule has 1 aliphatic rings. The Kier molecular flexibility index (Phi) is 9.59. The van der Waals surface area contributed by atoms with Crippen molar-refractivity contribution >= 4 is 29.9 Å². The Morgan fingerprint density at radius 2 is 1.91 bits per heavy atom. The van der Waals surface area contributed by atoms with Crippen molar-refractivity contribution in [2.24, 2.45) is 23.9 Å². The number of aryl methyl sites for hydroxylation is 1. The van der Waals surface area contributed by atoms with E-state index in [0.29, 0.717) is 6.54 Å². The van der Waals surface area contributed by atoms with Gasteiger partial charge in [0.15, 0.2) is 5.96 Å². The van der Waals surface area contributed by atoms with Gasteiger partial charge in [0.2, 0.25) is 0 Å². The van der Waals surface area contributed by atoms with E-state index in [0.717, 1.165) is 36.6 Å². The van der Waals surface area contributed by atoms with Gasteiger partial charge >= 0.3 is 0 Å². The van der Waals surface area contributed by atoms with Crippen molar-refractivity contribution in [3.63, 3.8) is 0 Å². The predicted octanol–water partition coefficient (Wildman–Crippen LogP) is 3.31. The lowest BCUT2D eigenvalue weighted by Gasteiger charge is -2.28. The number of guanidine groups is 1. The number of hydrogen-bond donors (Lipinski definition) is 2. The maximum absolute atomic E-state index is 4.67. The minimum absolute atomic E-state index is 0. The van der Waals surface area contributed by atoms with Gasteiger partial charge < -0.3 is 10.6 Å². The van der Waals surface area contributed by atoms with E-state index >= 15 is 0 Å². The minimum Gasteiger partial charge on any atom is -0.357 e. The van der Waals surface area contributed by atoms with Crippen LogP contribution in [0.4, 0.5) is 0 Å². The molecule has 0 unspecified atom stereocenters. The molecule has 2 N–H and O–H groups in total. The zero-order chi connectivity index (χ0) is 15.8. The van der Waals surface area contributed by atoms with E-state index in [1.165, 1.54) is 32.1 Å². The van der Waals surface area contributed by atoms with E-state index in [1.807, 2.05) is 24.0 Å². The fraction of sp³-hybridized carbons (Fsp3) is 0.765. The normalized spacial score (nSPS) is 21.6. The highest BCUT2D eigenvalue weighted by molar-refractivity contribution is 14.0. The molecular formula is C17H32IN5. The van der Waals surface area contributed by atoms with Gasteiger partial charge in [0.1, 0.15) is 0 Å². The van der Waals surface area contributed by atoms with Crippen LogP contribution in [0.1, 0.15) is 51.6 Å². The molecule has 1 heterocycles. The number of nitrogens with one attached hydrogen (secondary N) is 2. The summed E-state index contributed by atoms with van der Waals surface area (Å²) in [4.78, 5) is 4.67. The quantitative estimate of drug-likeness (QED) is 0.411. The first-order valence-electron chi connectivity index (χ1n) is 8.72. The molecule has 0 radical (unpaired) electrons. The molecule has 0 amide bonds. The third kappa shape index (κ3) is 6.69. The largest absolute Gasteiger partial charge is 0.357 e. The van der Waals surface area contributed by atoms with Crippen LogP contribution in [0.15, 0.2) is 17.3 Å². The molecular weight excluding hydrogens is 401 g/mol. The Morgan fingerprint density at radius 3 is 2.48 bits per heavy atom. The van der Waals surface area contributed by atoms with Gasteiger partial charge in [-0.1, -0.05) is 26.2 Å². The molecule has 1 fully saturated rings. The molecule has 0 aliphatic heterocycles. The molecule has 23 heavy (non-hydrogen) atoms. The molecule has 1 aromatic heterocycles. The lowest BCUT2D eigenvalue weighted by molar-refractivity contribution is 0.269. The Hall–Kier alpha value is -0.790. The van der Waals surface area contributed by atoms with Gasteiger partial charge in [-0.15, -0.1) is 24.0 Å². The first-order chi connectivity index (χ1) is 10.7. The van der Waals surface area contributed by atoms with Crippen LogP contribution in [0.3, 0.4) is 0 Å². The van der Waals surface area contributed by atoms with Crippen LogP contribution in [0.2, 0.25) is 0 Å².